The van der Waals surface area contributed by atoms with E-state index in [9.17, 15) is 23.1 Å². The molecule has 2 aromatic rings. The van der Waals surface area contributed by atoms with Crippen molar-refractivity contribution in [3.63, 3.8) is 0 Å². The Morgan fingerprint density at radius 3 is 2.29 bits per heavy atom. The average Bonchev–Trinajstić information content (AvgIpc) is 2.96. The number of aliphatic hydroxyl groups is 1. The number of benzene rings is 2. The molecule has 10 nitrogen and oxygen atoms in total. The number of sulfonamides is 1. The first-order valence-corrected chi connectivity index (χ1v) is 16.5. The summed E-state index contributed by atoms with van der Waals surface area (Å²) in [6.07, 6.45) is 2.39. The monoisotopic (exact) mass is 668 g/mol. The summed E-state index contributed by atoms with van der Waals surface area (Å²) >= 11 is 3.49. The molecule has 0 saturated heterocycles. The van der Waals surface area contributed by atoms with Crippen LogP contribution in [0.3, 0.4) is 0 Å². The molecule has 0 aromatic heterocycles. The molecule has 12 heteroatoms. The van der Waals surface area contributed by atoms with Crippen molar-refractivity contribution in [3.8, 4) is 0 Å². The quantitative estimate of drug-likeness (QED) is 0.182. The van der Waals surface area contributed by atoms with E-state index >= 15 is 0 Å². The van der Waals surface area contributed by atoms with Gasteiger partial charge in [0, 0.05) is 35.2 Å². The molecule has 0 fully saturated rings. The molecular weight excluding hydrogens is 624 g/mol. The van der Waals surface area contributed by atoms with Gasteiger partial charge in [-0.05, 0) is 73.9 Å². The molecule has 0 heterocycles. The molecule has 2 aromatic carbocycles. The Morgan fingerprint density at radius 2 is 1.71 bits per heavy atom. The van der Waals surface area contributed by atoms with Gasteiger partial charge in [0.1, 0.15) is 6.04 Å². The fraction of sp³-hybridized carbons (Fsp3) is 0.533. The Balaban J connectivity index is 2.12. The number of nitrogen functional groups attached to an aromatic ring is 1. The summed E-state index contributed by atoms with van der Waals surface area (Å²) in [5, 5.41) is 15.9. The molecule has 0 spiro atoms. The van der Waals surface area contributed by atoms with Crippen molar-refractivity contribution in [3.05, 3.63) is 58.6 Å². The number of hydrogen-bond donors (Lipinski definition) is 4. The number of nitrogens with one attached hydrogen (secondary N) is 2. The first-order valence-electron chi connectivity index (χ1n) is 14.3. The molecule has 2 amide bonds. The van der Waals surface area contributed by atoms with E-state index in [2.05, 4.69) is 26.6 Å². The highest BCUT2D eigenvalue weighted by Gasteiger charge is 2.31. The van der Waals surface area contributed by atoms with Crippen LogP contribution in [0.4, 0.5) is 10.5 Å². The van der Waals surface area contributed by atoms with Gasteiger partial charge in [-0.25, -0.2) is 13.2 Å². The van der Waals surface area contributed by atoms with Gasteiger partial charge >= 0.3 is 6.09 Å². The van der Waals surface area contributed by atoms with Gasteiger partial charge in [0.25, 0.3) is 0 Å². The molecule has 42 heavy (non-hydrogen) atoms. The van der Waals surface area contributed by atoms with Crippen LogP contribution in [0.15, 0.2) is 57.9 Å². The molecule has 0 aliphatic heterocycles. The molecule has 0 radical (unpaired) electrons. The topological polar surface area (TPSA) is 151 Å². The van der Waals surface area contributed by atoms with Gasteiger partial charge in [0.15, 0.2) is 0 Å². The van der Waals surface area contributed by atoms with Crippen LogP contribution in [0.2, 0.25) is 0 Å². The molecule has 0 bridgehead atoms. The van der Waals surface area contributed by atoms with Crippen molar-refractivity contribution in [2.75, 3.05) is 26.0 Å². The van der Waals surface area contributed by atoms with Gasteiger partial charge in [-0.3, -0.25) is 4.79 Å². The number of carbonyl (C=O) groups is 2. The van der Waals surface area contributed by atoms with Crippen molar-refractivity contribution >= 4 is 43.6 Å². The van der Waals surface area contributed by atoms with Crippen molar-refractivity contribution in [2.45, 2.75) is 82.3 Å². The number of alkyl carbamates (subject to hydrolysis) is 1. The molecule has 0 aliphatic rings. The lowest BCUT2D eigenvalue weighted by atomic mass is 10.0. The number of anilines is 1. The lowest BCUT2D eigenvalue weighted by molar-refractivity contribution is -0.123. The lowest BCUT2D eigenvalue weighted by Gasteiger charge is -2.31. The minimum atomic E-state index is -3.87. The van der Waals surface area contributed by atoms with Gasteiger partial charge in [0.2, 0.25) is 15.9 Å². The second-order valence-electron chi connectivity index (χ2n) is 10.7. The third-order valence-electron chi connectivity index (χ3n) is 7.14. The van der Waals surface area contributed by atoms with E-state index in [-0.39, 0.29) is 42.3 Å². The van der Waals surface area contributed by atoms with E-state index in [1.165, 1.54) is 23.5 Å². The summed E-state index contributed by atoms with van der Waals surface area (Å²) in [4.78, 5) is 25.4. The predicted molar refractivity (Wildman–Crippen MR) is 168 cm³/mol. The maximum atomic E-state index is 13.6. The molecule has 0 unspecified atom stereocenters. The van der Waals surface area contributed by atoms with Crippen molar-refractivity contribution in [1.82, 2.24) is 14.9 Å². The van der Waals surface area contributed by atoms with E-state index in [1.807, 2.05) is 45.0 Å². The van der Waals surface area contributed by atoms with Gasteiger partial charge in [0.05, 0.1) is 18.6 Å². The van der Waals surface area contributed by atoms with Gasteiger partial charge in [-0.1, -0.05) is 54.9 Å². The highest BCUT2D eigenvalue weighted by atomic mass is 79.9. The molecule has 2 rings (SSSR count). The van der Waals surface area contributed by atoms with Crippen LogP contribution < -0.4 is 16.4 Å². The van der Waals surface area contributed by atoms with Gasteiger partial charge < -0.3 is 26.2 Å². The largest absolute Gasteiger partial charge is 0.453 e. The molecule has 234 valence electrons. The Hall–Kier alpha value is -2.67. The van der Waals surface area contributed by atoms with Crippen LogP contribution in [-0.4, -0.2) is 68.2 Å². The van der Waals surface area contributed by atoms with Gasteiger partial charge in [-0.2, -0.15) is 4.31 Å². The molecule has 0 aliphatic carbocycles. The number of methoxy groups -OCH3 is 1. The van der Waals surface area contributed by atoms with E-state index in [4.69, 9.17) is 10.5 Å². The second kappa shape index (κ2) is 17.4. The Bertz CT molecular complexity index is 1240. The number of amides is 2. The summed E-state index contributed by atoms with van der Waals surface area (Å²) in [5.74, 6) is -0.0672. The summed E-state index contributed by atoms with van der Waals surface area (Å²) in [6, 6.07) is 11.8. The fourth-order valence-electron chi connectivity index (χ4n) is 4.56. The van der Waals surface area contributed by atoms with E-state index in [0.717, 1.165) is 10.0 Å². The number of aliphatic hydroxyl groups excluding tert-OH is 1. The summed E-state index contributed by atoms with van der Waals surface area (Å²) in [7, 11) is -2.62. The minimum Gasteiger partial charge on any atom is -0.453 e. The van der Waals surface area contributed by atoms with Crippen LogP contribution in [0.5, 0.6) is 0 Å². The summed E-state index contributed by atoms with van der Waals surface area (Å²) in [5.41, 5.74) is 7.08. The van der Waals surface area contributed by atoms with Crippen molar-refractivity contribution in [1.29, 1.82) is 0 Å². The third kappa shape index (κ3) is 10.9. The zero-order valence-electron chi connectivity index (χ0n) is 24.9. The zero-order chi connectivity index (χ0) is 31.3. The van der Waals surface area contributed by atoms with Crippen molar-refractivity contribution < 1.29 is 27.9 Å². The highest BCUT2D eigenvalue weighted by Crippen LogP contribution is 2.24. The highest BCUT2D eigenvalue weighted by molar-refractivity contribution is 9.10. The second-order valence-corrected chi connectivity index (χ2v) is 13.5. The minimum absolute atomic E-state index is 0.131. The van der Waals surface area contributed by atoms with E-state index in [0.29, 0.717) is 37.8 Å². The smallest absolute Gasteiger partial charge is 0.407 e. The van der Waals surface area contributed by atoms with Crippen LogP contribution in [-0.2, 0) is 26.0 Å². The number of rotatable bonds is 17. The summed E-state index contributed by atoms with van der Waals surface area (Å²) < 4.78 is 34.1. The van der Waals surface area contributed by atoms with E-state index in [1.54, 1.807) is 12.1 Å². The number of ether oxygens (including phenoxy) is 1. The molecular formula is C30H45BrN4O6S. The summed E-state index contributed by atoms with van der Waals surface area (Å²) in [6.45, 7) is 5.95. The number of carbonyl (C=O) groups excluding carboxylic acids is 2. The maximum Gasteiger partial charge on any atom is 0.407 e. The standard InChI is InChI=1S/C30H45BrN4O6S/c1-5-24(33-29(37)28(34-30(38)41-4)19-22-9-6-7-12-27(22)31)10-8-11-25(20-36)35(18-17-21(2)3)42(39,40)26-15-13-23(32)14-16-26/h6-7,9,12-16,21,24-25,28,36H,5,8,10-11,17-20,32H2,1-4H3,(H,33,37)(H,34,38)/t24-,25-,28-/m0/s1. The third-order valence-corrected chi connectivity index (χ3v) is 9.88. The Morgan fingerprint density at radius 1 is 1.05 bits per heavy atom. The SMILES string of the molecule is CC[C@@H](CCC[C@@H](CO)N(CCC(C)C)S(=O)(=O)c1ccc(N)cc1)NC(=O)[C@H](Cc1ccccc1Br)NC(=O)OC. The zero-order valence-corrected chi connectivity index (χ0v) is 27.3. The first-order chi connectivity index (χ1) is 19.9. The molecule has 3 atom stereocenters. The lowest BCUT2D eigenvalue weighted by Crippen LogP contribution is -2.50. The van der Waals surface area contributed by atoms with Crippen LogP contribution in [0, 0.1) is 5.92 Å². The molecule has 0 saturated carbocycles. The number of nitrogens with two attached hydrogens (primary N) is 1. The van der Waals surface area contributed by atoms with Crippen molar-refractivity contribution in [2.24, 2.45) is 5.92 Å². The number of nitrogens with zero attached hydrogens (tertiary/aromatic N) is 1. The van der Waals surface area contributed by atoms with Crippen LogP contribution in [0.1, 0.15) is 58.4 Å². The number of halogens is 1. The number of hydrogen-bond acceptors (Lipinski definition) is 7. The Kier molecular flexibility index (Phi) is 14.8. The average molecular weight is 670 g/mol. The molecule has 5 N–H and O–H groups in total. The van der Waals surface area contributed by atoms with Crippen LogP contribution >= 0.6 is 15.9 Å². The normalized spacial score (nSPS) is 13.9. The Labute approximate surface area is 258 Å². The predicted octanol–water partition coefficient (Wildman–Crippen LogP) is 4.46. The fourth-order valence-corrected chi connectivity index (χ4v) is 6.67. The van der Waals surface area contributed by atoms with E-state index < -0.39 is 28.2 Å². The van der Waals surface area contributed by atoms with Gasteiger partial charge in [-0.15, -0.1) is 0 Å². The maximum absolute atomic E-state index is 13.6. The first kappa shape index (κ1) is 35.5. The van der Waals surface area contributed by atoms with Crippen LogP contribution in [0.25, 0.3) is 0 Å².